The Labute approximate surface area is 162 Å². The lowest BCUT2D eigenvalue weighted by Crippen LogP contribution is -2.32. The molecule has 4 rings (SSSR count). The molecule has 0 radical (unpaired) electrons. The van der Waals surface area contributed by atoms with Crippen LogP contribution in [0.5, 0.6) is 0 Å². The summed E-state index contributed by atoms with van der Waals surface area (Å²) < 4.78 is 7.26. The zero-order valence-electron chi connectivity index (χ0n) is 15.8. The number of nitro groups is 1. The fraction of sp³-hybridized carbons (Fsp3) is 0.300. The van der Waals surface area contributed by atoms with E-state index in [9.17, 15) is 10.1 Å². The van der Waals surface area contributed by atoms with Crippen LogP contribution in [0.3, 0.4) is 0 Å². The molecule has 0 aliphatic carbocycles. The Balaban J connectivity index is 1.50. The van der Waals surface area contributed by atoms with Crippen LogP contribution in [0, 0.1) is 17.0 Å². The molecule has 1 saturated heterocycles. The van der Waals surface area contributed by atoms with Gasteiger partial charge in [-0.25, -0.2) is 4.98 Å². The molecule has 0 N–H and O–H groups in total. The van der Waals surface area contributed by atoms with Gasteiger partial charge in [0, 0.05) is 31.9 Å². The Morgan fingerprint density at radius 1 is 1.25 bits per heavy atom. The van der Waals surface area contributed by atoms with Gasteiger partial charge in [0.1, 0.15) is 5.69 Å². The normalized spacial score (nSPS) is 14.4. The van der Waals surface area contributed by atoms with E-state index in [4.69, 9.17) is 4.42 Å². The third kappa shape index (κ3) is 3.53. The zero-order valence-corrected chi connectivity index (χ0v) is 15.8. The Bertz CT molecular complexity index is 1030. The number of hydrogen-bond acceptors (Lipinski definition) is 6. The number of aromatic nitrogens is 3. The summed E-state index contributed by atoms with van der Waals surface area (Å²) in [5.74, 6) is 1.24. The second-order valence-electron chi connectivity index (χ2n) is 6.90. The van der Waals surface area contributed by atoms with Crippen molar-refractivity contribution in [2.75, 3.05) is 18.0 Å². The number of furan rings is 1. The Hall–Kier alpha value is -3.42. The largest absolute Gasteiger partial charge is 0.463 e. The molecule has 4 heterocycles. The maximum Gasteiger partial charge on any atom is 0.311 e. The highest BCUT2D eigenvalue weighted by Crippen LogP contribution is 2.30. The highest BCUT2D eigenvalue weighted by Gasteiger charge is 2.24. The SMILES string of the molecule is Cc1ccc([N+](=O)[O-])c(N2CCC(=Cc3cc(-c4ccco4)n(C)n3)CC2)n1. The molecular weight excluding hydrogens is 358 g/mol. The summed E-state index contributed by atoms with van der Waals surface area (Å²) in [7, 11) is 1.89. The highest BCUT2D eigenvalue weighted by atomic mass is 16.6. The van der Waals surface area contributed by atoms with Gasteiger partial charge in [-0.15, -0.1) is 0 Å². The molecule has 1 aliphatic rings. The van der Waals surface area contributed by atoms with Gasteiger partial charge in [-0.3, -0.25) is 14.8 Å². The topological polar surface area (TPSA) is 90.2 Å². The summed E-state index contributed by atoms with van der Waals surface area (Å²) in [4.78, 5) is 17.4. The maximum atomic E-state index is 11.3. The van der Waals surface area contributed by atoms with Crippen LogP contribution < -0.4 is 4.90 Å². The van der Waals surface area contributed by atoms with Crippen LogP contribution in [-0.4, -0.2) is 32.8 Å². The van der Waals surface area contributed by atoms with Gasteiger partial charge < -0.3 is 9.32 Å². The minimum Gasteiger partial charge on any atom is -0.463 e. The first-order valence-electron chi connectivity index (χ1n) is 9.15. The van der Waals surface area contributed by atoms with Crippen molar-refractivity contribution >= 4 is 17.6 Å². The van der Waals surface area contributed by atoms with Crippen molar-refractivity contribution in [3.05, 3.63) is 63.7 Å². The number of anilines is 1. The van der Waals surface area contributed by atoms with Gasteiger partial charge in [0.15, 0.2) is 5.76 Å². The second-order valence-corrected chi connectivity index (χ2v) is 6.90. The summed E-state index contributed by atoms with van der Waals surface area (Å²) in [6.07, 6.45) is 5.38. The zero-order chi connectivity index (χ0) is 19.7. The van der Waals surface area contributed by atoms with Gasteiger partial charge in [0.2, 0.25) is 5.82 Å². The molecule has 0 amide bonds. The summed E-state index contributed by atoms with van der Waals surface area (Å²) in [5.41, 5.74) is 3.92. The van der Waals surface area contributed by atoms with E-state index < -0.39 is 0 Å². The standard InChI is InChI=1S/C20H21N5O3/c1-14-5-6-17(25(26)27)20(21-14)24-9-7-15(8-10-24)12-16-13-18(23(2)22-16)19-4-3-11-28-19/h3-6,11-13H,7-10H2,1-2H3. The van der Waals surface area contributed by atoms with Crippen molar-refractivity contribution in [2.45, 2.75) is 19.8 Å². The number of rotatable bonds is 4. The third-order valence-corrected chi connectivity index (χ3v) is 4.92. The molecule has 3 aromatic rings. The lowest BCUT2D eigenvalue weighted by Gasteiger charge is -2.29. The van der Waals surface area contributed by atoms with Crippen LogP contribution in [-0.2, 0) is 7.05 Å². The monoisotopic (exact) mass is 379 g/mol. The highest BCUT2D eigenvalue weighted by molar-refractivity contribution is 5.62. The van der Waals surface area contributed by atoms with E-state index in [2.05, 4.69) is 16.2 Å². The first kappa shape index (κ1) is 18.0. The number of nitrogens with zero attached hydrogens (tertiary/aromatic N) is 5. The molecule has 144 valence electrons. The van der Waals surface area contributed by atoms with E-state index in [1.54, 1.807) is 17.0 Å². The average molecular weight is 379 g/mol. The molecule has 1 aliphatic heterocycles. The molecule has 0 bridgehead atoms. The van der Waals surface area contributed by atoms with E-state index in [0.717, 1.165) is 35.7 Å². The average Bonchev–Trinajstić information content (AvgIpc) is 3.31. The van der Waals surface area contributed by atoms with Gasteiger partial charge >= 0.3 is 5.69 Å². The number of hydrogen-bond donors (Lipinski definition) is 0. The van der Waals surface area contributed by atoms with Crippen LogP contribution >= 0.6 is 0 Å². The predicted octanol–water partition coefficient (Wildman–Crippen LogP) is 3.98. The first-order chi connectivity index (χ1) is 13.5. The van der Waals surface area contributed by atoms with Gasteiger partial charge in [-0.05, 0) is 50.1 Å². The van der Waals surface area contributed by atoms with E-state index in [1.165, 1.54) is 11.6 Å². The minimum atomic E-state index is -0.364. The summed E-state index contributed by atoms with van der Waals surface area (Å²) in [6, 6.07) is 8.98. The van der Waals surface area contributed by atoms with Gasteiger partial charge in [-0.2, -0.15) is 5.10 Å². The van der Waals surface area contributed by atoms with E-state index >= 15 is 0 Å². The van der Waals surface area contributed by atoms with Crippen molar-refractivity contribution in [2.24, 2.45) is 7.05 Å². The first-order valence-corrected chi connectivity index (χ1v) is 9.15. The summed E-state index contributed by atoms with van der Waals surface area (Å²) in [5, 5.41) is 15.9. The van der Waals surface area contributed by atoms with Crippen LogP contribution in [0.25, 0.3) is 17.5 Å². The molecule has 8 heteroatoms. The predicted molar refractivity (Wildman–Crippen MR) is 106 cm³/mol. The Kier molecular flexibility index (Phi) is 4.68. The molecule has 0 aromatic carbocycles. The molecule has 1 fully saturated rings. The molecule has 28 heavy (non-hydrogen) atoms. The van der Waals surface area contributed by atoms with Crippen LogP contribution in [0.2, 0.25) is 0 Å². The Morgan fingerprint density at radius 2 is 2.04 bits per heavy atom. The fourth-order valence-corrected chi connectivity index (χ4v) is 3.48. The van der Waals surface area contributed by atoms with Crippen LogP contribution in [0.1, 0.15) is 24.2 Å². The van der Waals surface area contributed by atoms with E-state index in [1.807, 2.05) is 37.1 Å². The fourth-order valence-electron chi connectivity index (χ4n) is 3.48. The van der Waals surface area contributed by atoms with Crippen molar-refractivity contribution in [1.29, 1.82) is 0 Å². The molecular formula is C20H21N5O3. The van der Waals surface area contributed by atoms with Crippen LogP contribution in [0.4, 0.5) is 11.5 Å². The minimum absolute atomic E-state index is 0.0610. The van der Waals surface area contributed by atoms with Crippen molar-refractivity contribution < 1.29 is 9.34 Å². The molecule has 0 unspecified atom stereocenters. The Morgan fingerprint density at radius 3 is 2.71 bits per heavy atom. The van der Waals surface area contributed by atoms with Gasteiger partial charge in [-0.1, -0.05) is 5.57 Å². The van der Waals surface area contributed by atoms with E-state index in [-0.39, 0.29) is 10.6 Å². The maximum absolute atomic E-state index is 11.3. The smallest absolute Gasteiger partial charge is 0.311 e. The lowest BCUT2D eigenvalue weighted by molar-refractivity contribution is -0.384. The van der Waals surface area contributed by atoms with Crippen LogP contribution in [0.15, 0.2) is 46.6 Å². The second kappa shape index (κ2) is 7.30. The molecule has 0 saturated carbocycles. The summed E-state index contributed by atoms with van der Waals surface area (Å²) >= 11 is 0. The number of pyridine rings is 1. The molecule has 0 atom stereocenters. The number of piperidine rings is 1. The summed E-state index contributed by atoms with van der Waals surface area (Å²) in [6.45, 7) is 3.24. The molecule has 0 spiro atoms. The van der Waals surface area contributed by atoms with Crippen molar-refractivity contribution in [3.8, 4) is 11.5 Å². The third-order valence-electron chi connectivity index (χ3n) is 4.92. The molecule has 3 aromatic heterocycles. The van der Waals surface area contributed by atoms with Gasteiger partial charge in [0.25, 0.3) is 0 Å². The van der Waals surface area contributed by atoms with Crippen molar-refractivity contribution in [3.63, 3.8) is 0 Å². The van der Waals surface area contributed by atoms with Crippen molar-refractivity contribution in [1.82, 2.24) is 14.8 Å². The number of aryl methyl sites for hydroxylation is 2. The van der Waals surface area contributed by atoms with Gasteiger partial charge in [0.05, 0.1) is 16.9 Å². The van der Waals surface area contributed by atoms with E-state index in [0.29, 0.717) is 18.9 Å². The quantitative estimate of drug-likeness (QED) is 0.503. The molecule has 8 nitrogen and oxygen atoms in total. The lowest BCUT2D eigenvalue weighted by atomic mass is 10.0.